The van der Waals surface area contributed by atoms with Gasteiger partial charge in [-0.05, 0) is 96.3 Å². The van der Waals surface area contributed by atoms with E-state index in [0.717, 1.165) is 6.42 Å². The van der Waals surface area contributed by atoms with E-state index < -0.39 is 6.89 Å². The van der Waals surface area contributed by atoms with Gasteiger partial charge in [0.1, 0.15) is 0 Å². The monoisotopic (exact) mass is 540 g/mol. The third kappa shape index (κ3) is 3.76. The summed E-state index contributed by atoms with van der Waals surface area (Å²) >= 11 is 0. The Morgan fingerprint density at radius 3 is 1.76 bits per heavy atom. The number of fused-ring (bicyclic) bond motifs is 7. The van der Waals surface area contributed by atoms with Crippen molar-refractivity contribution in [1.29, 1.82) is 0 Å². The van der Waals surface area contributed by atoms with Gasteiger partial charge in [0.2, 0.25) is 0 Å². The third-order valence-corrected chi connectivity index (χ3v) is 12.3. The van der Waals surface area contributed by atoms with Crippen LogP contribution >= 0.6 is 6.89 Å². The topological polar surface area (TPSA) is 0 Å². The maximum absolute atomic E-state index is 5.02. The zero-order chi connectivity index (χ0) is 27.4. The molecule has 0 radical (unpaired) electrons. The van der Waals surface area contributed by atoms with Gasteiger partial charge in [-0.3, -0.25) is 0 Å². The highest BCUT2D eigenvalue weighted by molar-refractivity contribution is 7.93. The highest BCUT2D eigenvalue weighted by Gasteiger charge is 2.27. The molecule has 1 aliphatic rings. The lowest BCUT2D eigenvalue weighted by atomic mass is 9.89. The molecule has 0 bridgehead atoms. The van der Waals surface area contributed by atoms with Gasteiger partial charge in [-0.15, -0.1) is 0 Å². The highest BCUT2D eigenvalue weighted by atomic mass is 31.2. The van der Waals surface area contributed by atoms with Crippen molar-refractivity contribution in [1.82, 2.24) is 0 Å². The van der Waals surface area contributed by atoms with Crippen LogP contribution in [0, 0.1) is 0 Å². The first-order chi connectivity index (χ1) is 20.2. The maximum Gasteiger partial charge on any atom is -0.000682 e. The van der Waals surface area contributed by atoms with E-state index in [9.17, 15) is 0 Å². The zero-order valence-corrected chi connectivity index (χ0v) is 23.7. The number of rotatable bonds is 4. The third-order valence-electron chi connectivity index (χ3n) is 8.78. The van der Waals surface area contributed by atoms with Gasteiger partial charge < -0.3 is 0 Å². The van der Waals surface area contributed by atoms with Crippen molar-refractivity contribution in [2.24, 2.45) is 0 Å². The van der Waals surface area contributed by atoms with Crippen molar-refractivity contribution in [3.63, 3.8) is 0 Å². The van der Waals surface area contributed by atoms with Crippen molar-refractivity contribution >= 4 is 50.6 Å². The van der Waals surface area contributed by atoms with Crippen molar-refractivity contribution in [3.05, 3.63) is 163 Å². The van der Waals surface area contributed by atoms with Crippen LogP contribution in [0.1, 0.15) is 11.1 Å². The first kappa shape index (κ1) is 24.2. The minimum Gasteiger partial charge on any atom is -0.0887 e. The molecule has 1 aliphatic carbocycles. The van der Waals surface area contributed by atoms with Gasteiger partial charge in [0, 0.05) is 0 Å². The molecule has 0 N–H and O–H groups in total. The van der Waals surface area contributed by atoms with E-state index >= 15 is 0 Å². The van der Waals surface area contributed by atoms with Crippen LogP contribution in [0.4, 0.5) is 0 Å². The molecular weight excluding hydrogens is 511 g/mol. The van der Waals surface area contributed by atoms with Crippen LogP contribution in [0.3, 0.4) is 0 Å². The van der Waals surface area contributed by atoms with E-state index in [0.29, 0.717) is 0 Å². The fourth-order valence-electron chi connectivity index (χ4n) is 6.79. The lowest BCUT2D eigenvalue weighted by Gasteiger charge is -2.27. The molecule has 7 aromatic carbocycles. The summed E-state index contributed by atoms with van der Waals surface area (Å²) < 4.78 is 0. The molecule has 0 atom stereocenters. The van der Waals surface area contributed by atoms with E-state index in [-0.39, 0.29) is 0 Å². The van der Waals surface area contributed by atoms with Gasteiger partial charge in [-0.2, -0.15) is 0 Å². The Labute approximate surface area is 241 Å². The summed E-state index contributed by atoms with van der Waals surface area (Å²) in [5.74, 6) is 0. The molecular formula is C40H29P. The standard InChI is InChI=1S/C40H29P/c1-41(32-16-4-2-5-17-32,33-18-6-3-7-19-33)34-20-12-15-29(25-34)37-26-30-14-9-11-22-36(30)40-38(37)27-31-24-23-28-13-8-10-21-35(28)39(31)40/h2-26H,1,27H2. The molecule has 0 spiro atoms. The highest BCUT2D eigenvalue weighted by Crippen LogP contribution is 2.49. The second-order valence-corrected chi connectivity index (χ2v) is 14.2. The molecule has 0 saturated carbocycles. The number of benzene rings is 7. The molecule has 8 rings (SSSR count). The largest absolute Gasteiger partial charge is 0.0887 e. The summed E-state index contributed by atoms with van der Waals surface area (Å²) in [6.45, 7) is -2.08. The zero-order valence-electron chi connectivity index (χ0n) is 22.8. The quantitative estimate of drug-likeness (QED) is 0.196. The molecule has 0 nitrogen and oxygen atoms in total. The summed E-state index contributed by atoms with van der Waals surface area (Å²) in [5, 5.41) is 9.16. The molecule has 7 aromatic rings. The molecule has 0 heterocycles. The van der Waals surface area contributed by atoms with Crippen LogP contribution in [0.25, 0.3) is 43.8 Å². The second-order valence-electron chi connectivity index (χ2n) is 11.0. The van der Waals surface area contributed by atoms with Crippen molar-refractivity contribution < 1.29 is 0 Å². The van der Waals surface area contributed by atoms with E-state index in [1.165, 1.54) is 70.8 Å². The lowest BCUT2D eigenvalue weighted by molar-refractivity contribution is 1.27. The van der Waals surface area contributed by atoms with E-state index in [1.54, 1.807) is 0 Å². The van der Waals surface area contributed by atoms with Crippen molar-refractivity contribution in [3.8, 4) is 22.3 Å². The number of hydrogen-bond donors (Lipinski definition) is 0. The Balaban J connectivity index is 1.39. The Kier molecular flexibility index (Phi) is 5.59. The van der Waals surface area contributed by atoms with Crippen LogP contribution in [0.2, 0.25) is 0 Å². The first-order valence-electron chi connectivity index (χ1n) is 14.2. The SMILES string of the molecule is C=P(c1ccccc1)(c1ccccc1)c1cccc(-c2cc3ccccc3c3c2Cc2ccc4ccccc4c2-3)c1. The summed E-state index contributed by atoms with van der Waals surface area (Å²) in [6.07, 6.45) is 5.96. The average molecular weight is 541 g/mol. The molecule has 0 fully saturated rings. The molecule has 0 saturated heterocycles. The summed E-state index contributed by atoms with van der Waals surface area (Å²) in [6, 6.07) is 55.7. The second kappa shape index (κ2) is 9.48. The van der Waals surface area contributed by atoms with Crippen LogP contribution < -0.4 is 15.9 Å². The maximum atomic E-state index is 5.02. The normalized spacial score (nSPS) is 12.4. The Morgan fingerprint density at radius 2 is 1.05 bits per heavy atom. The van der Waals surface area contributed by atoms with Gasteiger partial charge in [-0.1, -0.05) is 146 Å². The molecule has 0 aromatic heterocycles. The average Bonchev–Trinajstić information content (AvgIpc) is 3.45. The Hall–Kier alpha value is -4.64. The van der Waals surface area contributed by atoms with Gasteiger partial charge in [0.15, 0.2) is 0 Å². The van der Waals surface area contributed by atoms with Crippen molar-refractivity contribution in [2.45, 2.75) is 6.42 Å². The Bertz CT molecular complexity index is 2090. The van der Waals surface area contributed by atoms with Crippen LogP contribution in [0.5, 0.6) is 0 Å². The minimum absolute atomic E-state index is 0.946. The predicted molar refractivity (Wildman–Crippen MR) is 181 cm³/mol. The number of hydrogen-bond acceptors (Lipinski definition) is 0. The summed E-state index contributed by atoms with van der Waals surface area (Å²) in [5.41, 5.74) is 8.24. The van der Waals surface area contributed by atoms with Gasteiger partial charge in [-0.25, -0.2) is 0 Å². The molecule has 41 heavy (non-hydrogen) atoms. The summed E-state index contributed by atoms with van der Waals surface area (Å²) in [7, 11) is 0. The Morgan fingerprint density at radius 1 is 0.463 bits per heavy atom. The lowest BCUT2D eigenvalue weighted by Crippen LogP contribution is -2.25. The van der Waals surface area contributed by atoms with Gasteiger partial charge >= 0.3 is 0 Å². The first-order valence-corrected chi connectivity index (χ1v) is 16.2. The minimum atomic E-state index is -2.08. The molecule has 0 amide bonds. The summed E-state index contributed by atoms with van der Waals surface area (Å²) in [4.78, 5) is 0. The fraction of sp³-hybridized carbons (Fsp3) is 0.0250. The van der Waals surface area contributed by atoms with E-state index in [1.807, 2.05) is 0 Å². The molecule has 0 unspecified atom stereocenters. The van der Waals surface area contributed by atoms with E-state index in [4.69, 9.17) is 6.30 Å². The van der Waals surface area contributed by atoms with Gasteiger partial charge in [0.25, 0.3) is 0 Å². The van der Waals surface area contributed by atoms with E-state index in [2.05, 4.69) is 152 Å². The molecule has 0 aliphatic heterocycles. The smallest absolute Gasteiger partial charge is 0.000682 e. The molecule has 1 heteroatoms. The van der Waals surface area contributed by atoms with Crippen molar-refractivity contribution in [2.75, 3.05) is 0 Å². The molecule has 194 valence electrons. The van der Waals surface area contributed by atoms with Crippen LogP contribution in [-0.2, 0) is 6.42 Å². The fourth-order valence-corrected chi connectivity index (χ4v) is 9.75. The van der Waals surface area contributed by atoms with Crippen LogP contribution in [-0.4, -0.2) is 6.30 Å². The van der Waals surface area contributed by atoms with Crippen LogP contribution in [0.15, 0.2) is 152 Å². The van der Waals surface area contributed by atoms with Gasteiger partial charge in [0.05, 0.1) is 0 Å². The predicted octanol–water partition coefficient (Wildman–Crippen LogP) is 8.96.